The Labute approximate surface area is 251 Å². The van der Waals surface area contributed by atoms with Crippen LogP contribution < -0.4 is 27.0 Å². The first-order valence-electron chi connectivity index (χ1n) is 13.1. The quantitative estimate of drug-likeness (QED) is 0.213. The zero-order valence-corrected chi connectivity index (χ0v) is 24.8. The van der Waals surface area contributed by atoms with Crippen LogP contribution in [0.4, 0.5) is 0 Å². The molecule has 1 aliphatic heterocycles. The lowest BCUT2D eigenvalue weighted by atomic mass is 10.0. The second kappa shape index (κ2) is 14.9. The molecule has 42 heavy (non-hydrogen) atoms. The van der Waals surface area contributed by atoms with Crippen molar-refractivity contribution in [1.82, 2.24) is 21.3 Å². The van der Waals surface area contributed by atoms with Gasteiger partial charge in [0.25, 0.3) is 0 Å². The first-order valence-corrected chi connectivity index (χ1v) is 15.5. The Morgan fingerprint density at radius 1 is 1.02 bits per heavy atom. The lowest BCUT2D eigenvalue weighted by molar-refractivity contribution is -0.143. The summed E-state index contributed by atoms with van der Waals surface area (Å²) in [4.78, 5) is 64.2. The molecule has 14 heteroatoms. The summed E-state index contributed by atoms with van der Waals surface area (Å²) < 4.78 is -1.06. The summed E-state index contributed by atoms with van der Waals surface area (Å²) in [5.41, 5.74) is 7.53. The normalized spacial score (nSPS) is 22.5. The van der Waals surface area contributed by atoms with Crippen LogP contribution in [-0.2, 0) is 36.8 Å². The second-order valence-electron chi connectivity index (χ2n) is 10.3. The topological polar surface area (TPSA) is 200 Å². The number of hydrogen-bond acceptors (Lipinski definition) is 9. The van der Waals surface area contributed by atoms with E-state index < -0.39 is 65.1 Å². The van der Waals surface area contributed by atoms with Crippen molar-refractivity contribution in [3.05, 3.63) is 65.7 Å². The maximum atomic E-state index is 13.2. The standard InChI is InChI=1S/C28H35N5O7S2/c1-28(2)23(27(39)40)33-26(38)20(13-16-6-4-3-5-7-16)31-22(35)14-30-25(37)21(15-41-42-28)32-24(36)19(29)12-17-8-10-18(34)11-9-17/h3-11,19-21,23,34H,12-15,29H2,1-2H3,(H,30,37)(H,31,35)(H,32,36)(H,33,38)(H,39,40)/t19-,20-,21+,23-/m0/s1. The van der Waals surface area contributed by atoms with Gasteiger partial charge < -0.3 is 37.2 Å². The molecule has 1 aliphatic rings. The number of carboxylic acids is 1. The SMILES string of the molecule is CC1(C)SSC[C@@H](NC(=O)[C@@H](N)Cc2ccc(O)cc2)C(=O)NCC(=O)N[C@@H](Cc2ccccc2)C(=O)N[C@H]1C(=O)O. The van der Waals surface area contributed by atoms with E-state index in [2.05, 4.69) is 21.3 Å². The van der Waals surface area contributed by atoms with Crippen LogP contribution in [0.3, 0.4) is 0 Å². The zero-order valence-electron chi connectivity index (χ0n) is 23.2. The maximum Gasteiger partial charge on any atom is 0.327 e. The van der Waals surface area contributed by atoms with Crippen LogP contribution in [0.2, 0.25) is 0 Å². The van der Waals surface area contributed by atoms with E-state index in [0.29, 0.717) is 5.56 Å². The van der Waals surface area contributed by atoms with E-state index in [1.165, 1.54) is 12.1 Å². The number of hydrogen-bond donors (Lipinski definition) is 7. The van der Waals surface area contributed by atoms with Gasteiger partial charge >= 0.3 is 5.97 Å². The molecule has 0 unspecified atom stereocenters. The van der Waals surface area contributed by atoms with Crippen molar-refractivity contribution in [1.29, 1.82) is 0 Å². The molecule has 0 aliphatic carbocycles. The molecule has 0 bridgehead atoms. The Bertz CT molecular complexity index is 1280. The van der Waals surface area contributed by atoms with Gasteiger partial charge in [0.2, 0.25) is 23.6 Å². The molecule has 2 aromatic carbocycles. The number of rotatable bonds is 7. The Balaban J connectivity index is 1.79. The molecule has 2 aromatic rings. The fourth-order valence-electron chi connectivity index (χ4n) is 4.11. The molecule has 4 amide bonds. The molecule has 1 saturated heterocycles. The molecule has 12 nitrogen and oxygen atoms in total. The van der Waals surface area contributed by atoms with E-state index >= 15 is 0 Å². The summed E-state index contributed by atoms with van der Waals surface area (Å²) in [6.07, 6.45) is 0.249. The third-order valence-electron chi connectivity index (χ3n) is 6.46. The van der Waals surface area contributed by atoms with Gasteiger partial charge in [-0.3, -0.25) is 19.2 Å². The van der Waals surface area contributed by atoms with Gasteiger partial charge in [-0.15, -0.1) is 0 Å². The van der Waals surface area contributed by atoms with Gasteiger partial charge in [-0.25, -0.2) is 4.79 Å². The summed E-state index contributed by atoms with van der Waals surface area (Å²) in [6, 6.07) is 10.6. The van der Waals surface area contributed by atoms with E-state index in [1.54, 1.807) is 56.3 Å². The molecule has 3 rings (SSSR count). The summed E-state index contributed by atoms with van der Waals surface area (Å²) in [5, 5.41) is 29.7. The Morgan fingerprint density at radius 3 is 2.33 bits per heavy atom. The van der Waals surface area contributed by atoms with Crippen LogP contribution in [0.5, 0.6) is 5.75 Å². The van der Waals surface area contributed by atoms with Crippen LogP contribution in [0.1, 0.15) is 25.0 Å². The Morgan fingerprint density at radius 2 is 1.69 bits per heavy atom. The molecule has 4 atom stereocenters. The number of phenols is 1. The summed E-state index contributed by atoms with van der Waals surface area (Å²) in [6.45, 7) is 2.80. The highest BCUT2D eigenvalue weighted by atomic mass is 33.1. The number of nitrogens with one attached hydrogen (secondary N) is 4. The highest BCUT2D eigenvalue weighted by Crippen LogP contribution is 2.38. The lowest BCUT2D eigenvalue weighted by Gasteiger charge is -2.33. The van der Waals surface area contributed by atoms with Crippen LogP contribution in [0.25, 0.3) is 0 Å². The highest BCUT2D eigenvalue weighted by molar-refractivity contribution is 8.77. The minimum Gasteiger partial charge on any atom is -0.508 e. The van der Waals surface area contributed by atoms with E-state index in [4.69, 9.17) is 5.73 Å². The number of benzene rings is 2. The maximum absolute atomic E-state index is 13.2. The number of aliphatic carboxylic acids is 1. The number of carbonyl (C=O) groups excluding carboxylic acids is 4. The van der Waals surface area contributed by atoms with Gasteiger partial charge in [-0.2, -0.15) is 0 Å². The van der Waals surface area contributed by atoms with Gasteiger partial charge in [0.05, 0.1) is 17.3 Å². The first-order chi connectivity index (χ1) is 19.9. The van der Waals surface area contributed by atoms with Gasteiger partial charge in [0.1, 0.15) is 23.9 Å². The Kier molecular flexibility index (Phi) is 11.6. The first kappa shape index (κ1) is 32.8. The Hall–Kier alpha value is -3.75. The number of carbonyl (C=O) groups is 5. The van der Waals surface area contributed by atoms with E-state index in [1.807, 2.05) is 0 Å². The lowest BCUT2D eigenvalue weighted by Crippen LogP contribution is -2.59. The molecular weight excluding hydrogens is 582 g/mol. The molecule has 0 radical (unpaired) electrons. The van der Waals surface area contributed by atoms with Gasteiger partial charge in [-0.05, 0) is 43.5 Å². The molecule has 0 aromatic heterocycles. The predicted octanol–water partition coefficient (Wildman–Crippen LogP) is 0.334. The zero-order chi connectivity index (χ0) is 30.9. The van der Waals surface area contributed by atoms with Crippen molar-refractivity contribution < 1.29 is 34.2 Å². The minimum atomic E-state index is -1.33. The van der Waals surface area contributed by atoms with Crippen molar-refractivity contribution in [3.63, 3.8) is 0 Å². The third kappa shape index (κ3) is 9.67. The second-order valence-corrected chi connectivity index (χ2v) is 13.3. The predicted molar refractivity (Wildman–Crippen MR) is 160 cm³/mol. The van der Waals surface area contributed by atoms with Gasteiger partial charge in [0.15, 0.2) is 0 Å². The average molecular weight is 618 g/mol. The number of carboxylic acid groups (broad SMARTS) is 1. The van der Waals surface area contributed by atoms with Crippen molar-refractivity contribution in [2.24, 2.45) is 5.73 Å². The summed E-state index contributed by atoms with van der Waals surface area (Å²) in [5.74, 6) is -3.75. The van der Waals surface area contributed by atoms with Crippen LogP contribution >= 0.6 is 21.6 Å². The monoisotopic (exact) mass is 617 g/mol. The van der Waals surface area contributed by atoms with Crippen LogP contribution in [0.15, 0.2) is 54.6 Å². The number of aromatic hydroxyl groups is 1. The van der Waals surface area contributed by atoms with E-state index in [9.17, 15) is 34.2 Å². The molecule has 1 fully saturated rings. The van der Waals surface area contributed by atoms with Crippen molar-refractivity contribution in [2.75, 3.05) is 12.3 Å². The minimum absolute atomic E-state index is 0.0239. The average Bonchev–Trinajstić information content (AvgIpc) is 2.94. The van der Waals surface area contributed by atoms with Crippen molar-refractivity contribution in [2.45, 2.75) is 55.6 Å². The number of amides is 4. The fraction of sp³-hybridized carbons (Fsp3) is 0.393. The van der Waals surface area contributed by atoms with E-state index in [-0.39, 0.29) is 24.3 Å². The molecular formula is C28H35N5O7S2. The van der Waals surface area contributed by atoms with Crippen LogP contribution in [0, 0.1) is 0 Å². The van der Waals surface area contributed by atoms with Gasteiger partial charge in [0, 0.05) is 12.2 Å². The molecule has 0 spiro atoms. The molecule has 1 heterocycles. The molecule has 226 valence electrons. The summed E-state index contributed by atoms with van der Waals surface area (Å²) >= 11 is 0. The number of nitrogens with two attached hydrogens (primary N) is 1. The molecule has 0 saturated carbocycles. The van der Waals surface area contributed by atoms with Crippen LogP contribution in [-0.4, -0.2) is 81.0 Å². The van der Waals surface area contributed by atoms with E-state index in [0.717, 1.165) is 27.2 Å². The van der Waals surface area contributed by atoms with Crippen molar-refractivity contribution in [3.8, 4) is 5.75 Å². The largest absolute Gasteiger partial charge is 0.508 e. The smallest absolute Gasteiger partial charge is 0.327 e. The van der Waals surface area contributed by atoms with Gasteiger partial charge in [-0.1, -0.05) is 64.1 Å². The molecule has 8 N–H and O–H groups in total. The summed E-state index contributed by atoms with van der Waals surface area (Å²) in [7, 11) is 2.28. The third-order valence-corrected chi connectivity index (χ3v) is 9.76. The highest BCUT2D eigenvalue weighted by Gasteiger charge is 2.40. The number of phenolic OH excluding ortho intramolecular Hbond substituents is 1. The van der Waals surface area contributed by atoms with Crippen molar-refractivity contribution >= 4 is 51.2 Å². The fourth-order valence-corrected chi connectivity index (χ4v) is 6.92.